The molecule has 1 aromatic rings. The molecule has 1 unspecified atom stereocenters. The van der Waals surface area contributed by atoms with Crippen molar-refractivity contribution in [3.05, 3.63) is 11.4 Å². The highest BCUT2D eigenvalue weighted by Crippen LogP contribution is 2.33. The molecule has 1 aromatic heterocycles. The molecule has 0 saturated heterocycles. The van der Waals surface area contributed by atoms with Crippen molar-refractivity contribution < 1.29 is 9.53 Å². The van der Waals surface area contributed by atoms with Crippen LogP contribution in [0.5, 0.6) is 0 Å². The van der Waals surface area contributed by atoms with Crippen molar-refractivity contribution >= 4 is 5.91 Å². The molecule has 0 aromatic carbocycles. The summed E-state index contributed by atoms with van der Waals surface area (Å²) in [6.45, 7) is 5.77. The van der Waals surface area contributed by atoms with Gasteiger partial charge in [0, 0.05) is 32.0 Å². The number of nitrogens with zero attached hydrogens (tertiary/aromatic N) is 5. The van der Waals surface area contributed by atoms with Crippen molar-refractivity contribution in [1.82, 2.24) is 24.8 Å². The lowest BCUT2D eigenvalue weighted by molar-refractivity contribution is -0.138. The maximum Gasteiger partial charge on any atom is 0.226 e. The van der Waals surface area contributed by atoms with Crippen LogP contribution in [0.15, 0.2) is 0 Å². The Balaban J connectivity index is 1.65. The molecule has 0 spiro atoms. The summed E-state index contributed by atoms with van der Waals surface area (Å²) in [5.74, 6) is 1.38. The standard InChI is InChI=1S/C19H33N5O2/c1-14-5-7-15(8-6-14)19(25)24-11-16(13-26-10-9-22(2)3)18-17(12-24)20-21-23(18)4/h14-16H,5-13H2,1-4H3. The molecular formula is C19H33N5O2. The molecule has 0 bridgehead atoms. The average Bonchev–Trinajstić information content (AvgIpc) is 2.99. The monoisotopic (exact) mass is 363 g/mol. The molecule has 0 radical (unpaired) electrons. The van der Waals surface area contributed by atoms with E-state index in [0.717, 1.165) is 49.5 Å². The zero-order chi connectivity index (χ0) is 18.7. The number of hydrogen-bond acceptors (Lipinski definition) is 5. The Morgan fingerprint density at radius 3 is 2.69 bits per heavy atom. The van der Waals surface area contributed by atoms with Gasteiger partial charge in [-0.1, -0.05) is 12.1 Å². The fraction of sp³-hybridized carbons (Fsp3) is 0.842. The van der Waals surface area contributed by atoms with Crippen molar-refractivity contribution in [3.63, 3.8) is 0 Å². The zero-order valence-electron chi connectivity index (χ0n) is 16.6. The highest BCUT2D eigenvalue weighted by Gasteiger charge is 2.35. The molecule has 26 heavy (non-hydrogen) atoms. The second kappa shape index (κ2) is 8.48. The zero-order valence-corrected chi connectivity index (χ0v) is 16.6. The van der Waals surface area contributed by atoms with E-state index in [9.17, 15) is 4.79 Å². The normalized spacial score (nSPS) is 26.2. The second-order valence-corrected chi connectivity index (χ2v) is 8.30. The Bertz CT molecular complexity index is 607. The van der Waals surface area contributed by atoms with Gasteiger partial charge in [-0.25, -0.2) is 0 Å². The minimum Gasteiger partial charge on any atom is -0.379 e. The van der Waals surface area contributed by atoms with Crippen LogP contribution in [0.3, 0.4) is 0 Å². The van der Waals surface area contributed by atoms with Gasteiger partial charge in [0.2, 0.25) is 5.91 Å². The Morgan fingerprint density at radius 1 is 1.27 bits per heavy atom. The van der Waals surface area contributed by atoms with Crippen LogP contribution in [-0.2, 0) is 23.1 Å². The Morgan fingerprint density at radius 2 is 2.00 bits per heavy atom. The summed E-state index contributed by atoms with van der Waals surface area (Å²) < 4.78 is 7.75. The third-order valence-electron chi connectivity index (χ3n) is 5.79. The maximum atomic E-state index is 13.1. The summed E-state index contributed by atoms with van der Waals surface area (Å²) in [6.07, 6.45) is 4.37. The predicted octanol–water partition coefficient (Wildman–Crippen LogP) is 1.65. The van der Waals surface area contributed by atoms with Gasteiger partial charge in [-0.3, -0.25) is 9.48 Å². The van der Waals surface area contributed by atoms with Gasteiger partial charge in [-0.15, -0.1) is 5.10 Å². The first kappa shape index (κ1) is 19.3. The fourth-order valence-electron chi connectivity index (χ4n) is 4.16. The van der Waals surface area contributed by atoms with E-state index in [1.54, 1.807) is 0 Å². The molecule has 7 nitrogen and oxygen atoms in total. The van der Waals surface area contributed by atoms with Crippen LogP contribution in [0, 0.1) is 11.8 Å². The number of ether oxygens (including phenoxy) is 1. The van der Waals surface area contributed by atoms with Crippen molar-refractivity contribution in [2.45, 2.75) is 45.1 Å². The van der Waals surface area contributed by atoms with Crippen molar-refractivity contribution in [1.29, 1.82) is 0 Å². The number of fused-ring (bicyclic) bond motifs is 1. The van der Waals surface area contributed by atoms with E-state index in [1.807, 2.05) is 30.7 Å². The summed E-state index contributed by atoms with van der Waals surface area (Å²) in [5.41, 5.74) is 2.05. The minimum absolute atomic E-state index is 0.146. The van der Waals surface area contributed by atoms with Gasteiger partial charge in [-0.05, 0) is 45.7 Å². The number of carbonyl (C=O) groups excluding carboxylic acids is 1. The predicted molar refractivity (Wildman–Crippen MR) is 99.7 cm³/mol. The van der Waals surface area contributed by atoms with E-state index < -0.39 is 0 Å². The lowest BCUT2D eigenvalue weighted by Crippen LogP contribution is -2.43. The molecule has 146 valence electrons. The quantitative estimate of drug-likeness (QED) is 0.719. The molecule has 1 aliphatic heterocycles. The molecular weight excluding hydrogens is 330 g/mol. The van der Waals surface area contributed by atoms with Gasteiger partial charge in [0.05, 0.1) is 25.5 Å². The first-order chi connectivity index (χ1) is 12.5. The number of amides is 1. The Hall–Kier alpha value is -1.47. The molecule has 7 heteroatoms. The Labute approximate surface area is 156 Å². The summed E-state index contributed by atoms with van der Waals surface area (Å²) in [6, 6.07) is 0. The van der Waals surface area contributed by atoms with E-state index in [-0.39, 0.29) is 11.8 Å². The first-order valence-corrected chi connectivity index (χ1v) is 9.85. The molecule has 1 saturated carbocycles. The van der Waals surface area contributed by atoms with Gasteiger partial charge in [0.25, 0.3) is 0 Å². The number of aryl methyl sites for hydroxylation is 1. The Kier molecular flexibility index (Phi) is 6.29. The number of aromatic nitrogens is 3. The van der Waals surface area contributed by atoms with E-state index in [2.05, 4.69) is 22.1 Å². The highest BCUT2D eigenvalue weighted by atomic mass is 16.5. The third-order valence-corrected chi connectivity index (χ3v) is 5.79. The number of likely N-dealkylation sites (N-methyl/N-ethyl adjacent to an activating group) is 1. The van der Waals surface area contributed by atoms with E-state index >= 15 is 0 Å². The number of carbonyl (C=O) groups is 1. The van der Waals surface area contributed by atoms with Crippen LogP contribution in [0.2, 0.25) is 0 Å². The van der Waals surface area contributed by atoms with Gasteiger partial charge in [-0.2, -0.15) is 0 Å². The topological polar surface area (TPSA) is 63.5 Å². The smallest absolute Gasteiger partial charge is 0.226 e. The third kappa shape index (κ3) is 4.43. The summed E-state index contributed by atoms with van der Waals surface area (Å²) in [4.78, 5) is 17.2. The van der Waals surface area contributed by atoms with Crippen LogP contribution in [-0.4, -0.2) is 71.1 Å². The van der Waals surface area contributed by atoms with Crippen molar-refractivity contribution in [3.8, 4) is 0 Å². The SMILES string of the molecule is CC1CCC(C(=O)N2Cc3nnn(C)c3C(COCCN(C)C)C2)CC1. The van der Waals surface area contributed by atoms with E-state index in [0.29, 0.717) is 32.2 Å². The van der Waals surface area contributed by atoms with Crippen LogP contribution in [0.4, 0.5) is 0 Å². The summed E-state index contributed by atoms with van der Waals surface area (Å²) in [7, 11) is 6.01. The molecule has 2 heterocycles. The molecule has 2 aliphatic rings. The number of hydrogen-bond donors (Lipinski definition) is 0. The van der Waals surface area contributed by atoms with Crippen LogP contribution in [0.25, 0.3) is 0 Å². The molecule has 1 fully saturated rings. The average molecular weight is 364 g/mol. The van der Waals surface area contributed by atoms with Gasteiger partial charge >= 0.3 is 0 Å². The first-order valence-electron chi connectivity index (χ1n) is 9.85. The van der Waals surface area contributed by atoms with Gasteiger partial charge in [0.1, 0.15) is 5.69 Å². The highest BCUT2D eigenvalue weighted by molar-refractivity contribution is 5.79. The van der Waals surface area contributed by atoms with Crippen molar-refractivity contribution in [2.75, 3.05) is 40.4 Å². The summed E-state index contributed by atoms with van der Waals surface area (Å²) in [5, 5.41) is 8.49. The number of rotatable bonds is 6. The summed E-state index contributed by atoms with van der Waals surface area (Å²) >= 11 is 0. The molecule has 3 rings (SSSR count). The second-order valence-electron chi connectivity index (χ2n) is 8.30. The fourth-order valence-corrected chi connectivity index (χ4v) is 4.16. The van der Waals surface area contributed by atoms with E-state index in [4.69, 9.17) is 4.74 Å². The van der Waals surface area contributed by atoms with Gasteiger partial charge < -0.3 is 14.5 Å². The van der Waals surface area contributed by atoms with E-state index in [1.165, 1.54) is 0 Å². The lowest BCUT2D eigenvalue weighted by Gasteiger charge is -2.36. The van der Waals surface area contributed by atoms with Crippen LogP contribution in [0.1, 0.15) is 49.9 Å². The molecule has 1 aliphatic carbocycles. The maximum absolute atomic E-state index is 13.1. The minimum atomic E-state index is 0.146. The van der Waals surface area contributed by atoms with Crippen molar-refractivity contribution in [2.24, 2.45) is 18.9 Å². The molecule has 1 amide bonds. The van der Waals surface area contributed by atoms with Gasteiger partial charge in [0.15, 0.2) is 0 Å². The largest absolute Gasteiger partial charge is 0.379 e. The van der Waals surface area contributed by atoms with Crippen LogP contribution < -0.4 is 0 Å². The van der Waals surface area contributed by atoms with Crippen LogP contribution >= 0.6 is 0 Å². The molecule has 1 atom stereocenters. The lowest BCUT2D eigenvalue weighted by atomic mass is 9.82. The molecule has 0 N–H and O–H groups in total.